The summed E-state index contributed by atoms with van der Waals surface area (Å²) in [6.07, 6.45) is 0. The first-order chi connectivity index (χ1) is 39.2. The molecular formula is C80H74N2. The van der Waals surface area contributed by atoms with Crippen LogP contribution in [0.4, 0.5) is 17.1 Å². The maximum Gasteiger partial charge on any atom is 0.0541 e. The Bertz CT molecular complexity index is 4330. The standard InChI is InChI=1S/C80H74N2/c1-77(2,3)59-33-23-51(24-34-59)57-31-45-73-67(47-57)68-48-58(52-25-35-60(36-26-52)78(4,5)6)32-46-74(68)82(73)72-44-30-56-27-39-65-71(43-29-55-28-40-66(72)76(56)75(55)65)81(61-37-41-63(53-19-15-13-16-20-53)69(49-61)79(7,8)9)62-38-42-64(54-21-17-14-18-22-54)70(50-62)80(10,11)12/h13-50H,1-12H3. The Morgan fingerprint density at radius 2 is 0.695 bits per heavy atom. The number of nitrogens with zero attached hydrogens (tertiary/aromatic N) is 2. The molecule has 0 radical (unpaired) electrons. The molecule has 0 aliphatic heterocycles. The minimum Gasteiger partial charge on any atom is -0.310 e. The number of benzene rings is 12. The van der Waals surface area contributed by atoms with Crippen molar-refractivity contribution in [3.63, 3.8) is 0 Å². The van der Waals surface area contributed by atoms with Gasteiger partial charge in [-0.05, 0) is 171 Å². The summed E-state index contributed by atoms with van der Waals surface area (Å²) >= 11 is 0. The summed E-state index contributed by atoms with van der Waals surface area (Å²) in [6.45, 7) is 27.8. The molecule has 0 saturated heterocycles. The van der Waals surface area contributed by atoms with Crippen molar-refractivity contribution in [2.75, 3.05) is 4.90 Å². The molecule has 0 saturated carbocycles. The molecule has 0 amide bonds. The van der Waals surface area contributed by atoms with Gasteiger partial charge in [-0.25, -0.2) is 0 Å². The van der Waals surface area contributed by atoms with Crippen LogP contribution in [0.1, 0.15) is 105 Å². The SMILES string of the molecule is CC(C)(C)c1ccc(-c2ccc3c(c2)c2cc(-c4ccc(C(C)(C)C)cc4)ccc2n3-c2ccc3ccc4c(N(c5ccc(-c6ccccc6)c(C(C)(C)C)c5)c5ccc(-c6ccccc6)c(C(C)(C)C)c5)ccc5ccc2c3c54)cc1. The molecule has 0 fully saturated rings. The van der Waals surface area contributed by atoms with Gasteiger partial charge in [0.1, 0.15) is 0 Å². The minimum atomic E-state index is -0.134. The quantitative estimate of drug-likeness (QED) is 0.138. The Balaban J connectivity index is 1.04. The fourth-order valence-electron chi connectivity index (χ4n) is 12.9. The summed E-state index contributed by atoms with van der Waals surface area (Å²) in [5.74, 6) is 0. The number of hydrogen-bond donors (Lipinski definition) is 0. The van der Waals surface area contributed by atoms with Crippen molar-refractivity contribution in [3.8, 4) is 50.2 Å². The molecule has 0 N–H and O–H groups in total. The van der Waals surface area contributed by atoms with Crippen LogP contribution >= 0.6 is 0 Å². The highest BCUT2D eigenvalue weighted by molar-refractivity contribution is 6.27. The van der Waals surface area contributed by atoms with E-state index < -0.39 is 0 Å². The van der Waals surface area contributed by atoms with Gasteiger partial charge in [-0.15, -0.1) is 0 Å². The van der Waals surface area contributed by atoms with Crippen molar-refractivity contribution >= 4 is 71.2 Å². The lowest BCUT2D eigenvalue weighted by Gasteiger charge is -2.32. The average Bonchev–Trinajstić information content (AvgIpc) is 2.33. The van der Waals surface area contributed by atoms with Crippen molar-refractivity contribution < 1.29 is 0 Å². The van der Waals surface area contributed by atoms with Crippen LogP contribution in [0.5, 0.6) is 0 Å². The molecule has 1 heterocycles. The third kappa shape index (κ3) is 9.23. The second kappa shape index (κ2) is 19.5. The summed E-state index contributed by atoms with van der Waals surface area (Å²) in [4.78, 5) is 2.54. The molecule has 0 aliphatic carbocycles. The molecule has 0 atom stereocenters. The average molecular weight is 1060 g/mol. The smallest absolute Gasteiger partial charge is 0.0541 e. The molecule has 1 aromatic heterocycles. The zero-order valence-electron chi connectivity index (χ0n) is 49.8. The molecule has 13 aromatic rings. The van der Waals surface area contributed by atoms with Gasteiger partial charge in [-0.3, -0.25) is 0 Å². The summed E-state index contributed by atoms with van der Waals surface area (Å²) in [7, 11) is 0. The first-order valence-corrected chi connectivity index (χ1v) is 29.4. The van der Waals surface area contributed by atoms with Crippen LogP contribution in [-0.2, 0) is 21.7 Å². The van der Waals surface area contributed by atoms with E-state index in [1.54, 1.807) is 0 Å². The summed E-state index contributed by atoms with van der Waals surface area (Å²) in [5, 5.41) is 9.93. The number of anilines is 3. The second-order valence-corrected chi connectivity index (χ2v) is 27.1. The zero-order chi connectivity index (χ0) is 57.0. The van der Waals surface area contributed by atoms with E-state index in [1.165, 1.54) is 127 Å². The molecule has 0 spiro atoms. The largest absolute Gasteiger partial charge is 0.310 e. The van der Waals surface area contributed by atoms with Gasteiger partial charge in [0.15, 0.2) is 0 Å². The zero-order valence-corrected chi connectivity index (χ0v) is 49.8. The van der Waals surface area contributed by atoms with Crippen molar-refractivity contribution in [3.05, 3.63) is 253 Å². The van der Waals surface area contributed by atoms with E-state index in [0.717, 1.165) is 17.1 Å². The monoisotopic (exact) mass is 1060 g/mol. The molecule has 0 aliphatic rings. The van der Waals surface area contributed by atoms with Gasteiger partial charge in [0.2, 0.25) is 0 Å². The predicted octanol–water partition coefficient (Wildman–Crippen LogP) is 23.0. The second-order valence-electron chi connectivity index (χ2n) is 27.1. The fraction of sp³-hybridized carbons (Fsp3) is 0.200. The van der Waals surface area contributed by atoms with E-state index in [4.69, 9.17) is 0 Å². The van der Waals surface area contributed by atoms with Gasteiger partial charge < -0.3 is 9.47 Å². The van der Waals surface area contributed by atoms with E-state index in [-0.39, 0.29) is 21.7 Å². The molecule has 2 heteroatoms. The van der Waals surface area contributed by atoms with Crippen molar-refractivity contribution in [2.45, 2.75) is 105 Å². The van der Waals surface area contributed by atoms with E-state index in [2.05, 4.69) is 323 Å². The number of aromatic nitrogens is 1. The third-order valence-corrected chi connectivity index (χ3v) is 17.3. The van der Waals surface area contributed by atoms with Crippen LogP contribution in [0.15, 0.2) is 231 Å². The molecular weight excluding hydrogens is 989 g/mol. The molecule has 0 unspecified atom stereocenters. The highest BCUT2D eigenvalue weighted by Crippen LogP contribution is 2.49. The van der Waals surface area contributed by atoms with E-state index in [1.807, 2.05) is 0 Å². The summed E-state index contributed by atoms with van der Waals surface area (Å²) < 4.78 is 2.54. The maximum atomic E-state index is 2.54. The summed E-state index contributed by atoms with van der Waals surface area (Å²) in [5.41, 5.74) is 22.0. The first-order valence-electron chi connectivity index (χ1n) is 29.4. The van der Waals surface area contributed by atoms with Crippen LogP contribution < -0.4 is 4.90 Å². The highest BCUT2D eigenvalue weighted by atomic mass is 15.1. The van der Waals surface area contributed by atoms with E-state index in [0.29, 0.717) is 0 Å². The van der Waals surface area contributed by atoms with Crippen molar-refractivity contribution in [2.24, 2.45) is 0 Å². The number of rotatable bonds is 8. The maximum absolute atomic E-state index is 2.54. The lowest BCUT2D eigenvalue weighted by atomic mass is 9.80. The third-order valence-electron chi connectivity index (χ3n) is 17.3. The number of hydrogen-bond acceptors (Lipinski definition) is 1. The van der Waals surface area contributed by atoms with Gasteiger partial charge in [0.25, 0.3) is 0 Å². The van der Waals surface area contributed by atoms with Gasteiger partial charge in [0, 0.05) is 32.9 Å². The van der Waals surface area contributed by atoms with E-state index >= 15 is 0 Å². The molecule has 0 bridgehead atoms. The lowest BCUT2D eigenvalue weighted by molar-refractivity contribution is 0.590. The molecule has 12 aromatic carbocycles. The Labute approximate surface area is 485 Å². The van der Waals surface area contributed by atoms with Gasteiger partial charge >= 0.3 is 0 Å². The normalized spacial score (nSPS) is 12.6. The lowest BCUT2D eigenvalue weighted by Crippen LogP contribution is -2.18. The number of fused-ring (bicyclic) bond motifs is 3. The Kier molecular flexibility index (Phi) is 12.5. The van der Waals surface area contributed by atoms with Crippen molar-refractivity contribution in [1.82, 2.24) is 4.57 Å². The molecule has 82 heavy (non-hydrogen) atoms. The predicted molar refractivity (Wildman–Crippen MR) is 356 cm³/mol. The summed E-state index contributed by atoms with van der Waals surface area (Å²) in [6, 6.07) is 87.6. The fourth-order valence-corrected chi connectivity index (χ4v) is 12.9. The topological polar surface area (TPSA) is 8.17 Å². The Morgan fingerprint density at radius 3 is 1.13 bits per heavy atom. The highest BCUT2D eigenvalue weighted by Gasteiger charge is 2.28. The van der Waals surface area contributed by atoms with Gasteiger partial charge in [-0.1, -0.05) is 253 Å². The molecule has 13 rings (SSSR count). The van der Waals surface area contributed by atoms with Crippen LogP contribution in [-0.4, -0.2) is 4.57 Å². The van der Waals surface area contributed by atoms with Crippen LogP contribution in [0.25, 0.3) is 104 Å². The van der Waals surface area contributed by atoms with Gasteiger partial charge in [0.05, 0.1) is 22.4 Å². The first kappa shape index (κ1) is 52.6. The molecule has 404 valence electrons. The van der Waals surface area contributed by atoms with Crippen LogP contribution in [0.2, 0.25) is 0 Å². The minimum absolute atomic E-state index is 0.0789. The molecule has 2 nitrogen and oxygen atoms in total. The van der Waals surface area contributed by atoms with Gasteiger partial charge in [-0.2, -0.15) is 0 Å². The van der Waals surface area contributed by atoms with E-state index in [9.17, 15) is 0 Å². The van der Waals surface area contributed by atoms with Crippen LogP contribution in [0.3, 0.4) is 0 Å². The van der Waals surface area contributed by atoms with Crippen molar-refractivity contribution in [1.29, 1.82) is 0 Å². The Hall–Kier alpha value is -8.72. The van der Waals surface area contributed by atoms with Crippen LogP contribution in [0, 0.1) is 0 Å². The Morgan fingerprint density at radius 1 is 0.293 bits per heavy atom.